The maximum absolute atomic E-state index is 14.1. The van der Waals surface area contributed by atoms with Crippen LogP contribution >= 0.6 is 0 Å². The first-order valence-corrected chi connectivity index (χ1v) is 12.1. The fourth-order valence-electron chi connectivity index (χ4n) is 5.78. The number of amides is 2. The second kappa shape index (κ2) is 9.74. The van der Waals surface area contributed by atoms with Crippen molar-refractivity contribution in [2.24, 2.45) is 5.92 Å². The van der Waals surface area contributed by atoms with Crippen LogP contribution in [0.3, 0.4) is 0 Å². The topological polar surface area (TPSA) is 86.7 Å². The number of piperidine rings is 2. The molecule has 2 amide bonds. The minimum atomic E-state index is -1.02. The van der Waals surface area contributed by atoms with Crippen molar-refractivity contribution in [3.05, 3.63) is 108 Å². The molecule has 178 valence electrons. The molecular formula is C29H28N2O4. The Bertz CT molecular complexity index is 1160. The van der Waals surface area contributed by atoms with E-state index in [4.69, 9.17) is 0 Å². The Balaban J connectivity index is 1.45. The molecule has 2 aliphatic heterocycles. The van der Waals surface area contributed by atoms with E-state index in [2.05, 4.69) is 5.32 Å². The Labute approximate surface area is 204 Å². The number of hydrogen-bond donors (Lipinski definition) is 2. The lowest BCUT2D eigenvalue weighted by Crippen LogP contribution is -2.68. The molecule has 6 heteroatoms. The van der Waals surface area contributed by atoms with Gasteiger partial charge < -0.3 is 15.3 Å². The highest BCUT2D eigenvalue weighted by atomic mass is 16.4. The summed E-state index contributed by atoms with van der Waals surface area (Å²) in [6, 6.07) is 26.4. The molecule has 3 aromatic rings. The number of aliphatic carboxylic acids is 1. The van der Waals surface area contributed by atoms with Crippen molar-refractivity contribution in [1.82, 2.24) is 10.2 Å². The van der Waals surface area contributed by atoms with Crippen LogP contribution in [0.5, 0.6) is 0 Å². The fourth-order valence-corrected chi connectivity index (χ4v) is 5.78. The third-order valence-electron chi connectivity index (χ3n) is 7.35. The van der Waals surface area contributed by atoms with Crippen molar-refractivity contribution in [1.29, 1.82) is 0 Å². The Kier molecular flexibility index (Phi) is 6.36. The molecule has 3 aliphatic rings. The number of hydrogen-bond acceptors (Lipinski definition) is 3. The van der Waals surface area contributed by atoms with E-state index in [-0.39, 0.29) is 29.8 Å². The monoisotopic (exact) mass is 468 g/mol. The highest BCUT2D eigenvalue weighted by Gasteiger charge is 2.53. The summed E-state index contributed by atoms with van der Waals surface area (Å²) < 4.78 is 0. The van der Waals surface area contributed by atoms with E-state index < -0.39 is 17.9 Å². The molecule has 4 atom stereocenters. The summed E-state index contributed by atoms with van der Waals surface area (Å²) in [6.07, 6.45) is 1.94. The summed E-state index contributed by atoms with van der Waals surface area (Å²) in [5.41, 5.74) is 2.22. The summed E-state index contributed by atoms with van der Waals surface area (Å²) in [5, 5.41) is 13.3. The molecule has 0 radical (unpaired) electrons. The summed E-state index contributed by atoms with van der Waals surface area (Å²) in [5.74, 6) is -2.36. The minimum Gasteiger partial charge on any atom is -0.480 e. The van der Waals surface area contributed by atoms with E-state index >= 15 is 0 Å². The number of carboxylic acid groups (broad SMARTS) is 1. The summed E-state index contributed by atoms with van der Waals surface area (Å²) in [4.78, 5) is 41.1. The second-order valence-corrected chi connectivity index (χ2v) is 9.36. The molecule has 2 saturated heterocycles. The molecule has 6 nitrogen and oxygen atoms in total. The molecular weight excluding hydrogens is 440 g/mol. The van der Waals surface area contributed by atoms with Crippen molar-refractivity contribution in [2.45, 2.75) is 43.3 Å². The van der Waals surface area contributed by atoms with Gasteiger partial charge in [-0.3, -0.25) is 9.59 Å². The van der Waals surface area contributed by atoms with Crippen LogP contribution in [0, 0.1) is 5.92 Å². The number of nitrogens with zero attached hydrogens (tertiary/aromatic N) is 1. The minimum absolute atomic E-state index is 0.197. The zero-order valence-corrected chi connectivity index (χ0v) is 19.3. The second-order valence-electron chi connectivity index (χ2n) is 9.36. The van der Waals surface area contributed by atoms with Crippen LogP contribution in [0.1, 0.15) is 46.7 Å². The Morgan fingerprint density at radius 2 is 1.34 bits per heavy atom. The van der Waals surface area contributed by atoms with Crippen molar-refractivity contribution in [2.75, 3.05) is 0 Å². The lowest BCUT2D eigenvalue weighted by Gasteiger charge is -2.54. The summed E-state index contributed by atoms with van der Waals surface area (Å²) in [7, 11) is 0. The van der Waals surface area contributed by atoms with Crippen LogP contribution in [0.15, 0.2) is 91.0 Å². The highest BCUT2D eigenvalue weighted by Crippen LogP contribution is 2.42. The Hall–Kier alpha value is -3.93. The number of carboxylic acids is 1. The van der Waals surface area contributed by atoms with E-state index in [9.17, 15) is 19.5 Å². The average Bonchev–Trinajstić information content (AvgIpc) is 2.90. The molecule has 6 rings (SSSR count). The largest absolute Gasteiger partial charge is 0.480 e. The molecule has 0 spiro atoms. The van der Waals surface area contributed by atoms with Gasteiger partial charge in [-0.2, -0.15) is 0 Å². The molecule has 2 N–H and O–H groups in total. The van der Waals surface area contributed by atoms with E-state index in [1.807, 2.05) is 66.7 Å². The van der Waals surface area contributed by atoms with Gasteiger partial charge in [-0.05, 0) is 42.5 Å². The number of benzene rings is 3. The first-order chi connectivity index (χ1) is 17.0. The van der Waals surface area contributed by atoms with Crippen LogP contribution in [0.2, 0.25) is 0 Å². The van der Waals surface area contributed by atoms with Gasteiger partial charge in [0.05, 0.1) is 5.92 Å². The average molecular weight is 469 g/mol. The van der Waals surface area contributed by atoms with Crippen molar-refractivity contribution in [3.63, 3.8) is 0 Å². The molecule has 2 bridgehead atoms. The van der Waals surface area contributed by atoms with Gasteiger partial charge in [0, 0.05) is 23.6 Å². The third kappa shape index (κ3) is 4.44. The molecule has 1 aliphatic carbocycles. The lowest BCUT2D eigenvalue weighted by atomic mass is 9.70. The van der Waals surface area contributed by atoms with Crippen LogP contribution < -0.4 is 5.32 Å². The van der Waals surface area contributed by atoms with Gasteiger partial charge in [-0.15, -0.1) is 0 Å². The van der Waals surface area contributed by atoms with Crippen LogP contribution in [0.4, 0.5) is 0 Å². The Morgan fingerprint density at radius 1 is 0.800 bits per heavy atom. The SMILES string of the molecule is O=C(NC1C[C@H]2CC[C@@H]1C(C(=O)O)N2C(=O)C(c1ccccc1)c1ccccc1)c1ccccc1. The molecule has 35 heavy (non-hydrogen) atoms. The van der Waals surface area contributed by atoms with Gasteiger partial charge in [-0.25, -0.2) is 4.79 Å². The zero-order valence-electron chi connectivity index (χ0n) is 19.3. The first-order valence-electron chi connectivity index (χ1n) is 12.1. The first kappa shape index (κ1) is 22.8. The number of carbonyl (C=O) groups is 3. The maximum atomic E-state index is 14.1. The third-order valence-corrected chi connectivity index (χ3v) is 7.35. The number of rotatable bonds is 6. The maximum Gasteiger partial charge on any atom is 0.326 e. The lowest BCUT2D eigenvalue weighted by molar-refractivity contribution is -0.165. The normalized spacial score (nSPS) is 23.2. The zero-order chi connectivity index (χ0) is 24.4. The van der Waals surface area contributed by atoms with Crippen LogP contribution in [-0.4, -0.2) is 45.9 Å². The quantitative estimate of drug-likeness (QED) is 0.571. The van der Waals surface area contributed by atoms with Gasteiger partial charge in [0.25, 0.3) is 5.91 Å². The van der Waals surface area contributed by atoms with Gasteiger partial charge >= 0.3 is 5.97 Å². The van der Waals surface area contributed by atoms with E-state index in [1.165, 1.54) is 0 Å². The predicted molar refractivity (Wildman–Crippen MR) is 132 cm³/mol. The van der Waals surface area contributed by atoms with E-state index in [0.717, 1.165) is 17.5 Å². The smallest absolute Gasteiger partial charge is 0.326 e. The molecule has 2 heterocycles. The van der Waals surface area contributed by atoms with Crippen molar-refractivity contribution in [3.8, 4) is 0 Å². The van der Waals surface area contributed by atoms with Crippen LogP contribution in [-0.2, 0) is 9.59 Å². The number of nitrogens with one attached hydrogen (secondary N) is 1. The summed E-state index contributed by atoms with van der Waals surface area (Å²) in [6.45, 7) is 0. The van der Waals surface area contributed by atoms with Gasteiger partial charge in [0.1, 0.15) is 6.04 Å². The fraction of sp³-hybridized carbons (Fsp3) is 0.276. The van der Waals surface area contributed by atoms with Crippen molar-refractivity contribution >= 4 is 17.8 Å². The standard InChI is InChI=1S/C29H28N2O4/c32-27(21-14-8-3-9-15-21)30-24-18-22-16-17-23(24)26(29(34)35)31(22)28(33)25(19-10-4-1-5-11-19)20-12-6-2-7-13-20/h1-15,22-26H,16-18H2,(H,30,32)(H,34,35)/t22-,23+,24?,26?/m1/s1. The molecule has 3 aromatic carbocycles. The summed E-state index contributed by atoms with van der Waals surface area (Å²) >= 11 is 0. The van der Waals surface area contributed by atoms with Crippen molar-refractivity contribution < 1.29 is 19.5 Å². The molecule has 1 saturated carbocycles. The molecule has 0 aromatic heterocycles. The van der Waals surface area contributed by atoms with E-state index in [0.29, 0.717) is 18.4 Å². The van der Waals surface area contributed by atoms with Gasteiger partial charge in [0.15, 0.2) is 0 Å². The predicted octanol–water partition coefficient (Wildman–Crippen LogP) is 4.08. The Morgan fingerprint density at radius 3 is 1.89 bits per heavy atom. The molecule has 3 fully saturated rings. The van der Waals surface area contributed by atoms with E-state index in [1.54, 1.807) is 29.2 Å². The number of carbonyl (C=O) groups excluding carboxylic acids is 2. The highest BCUT2D eigenvalue weighted by molar-refractivity contribution is 5.95. The van der Waals surface area contributed by atoms with Crippen LogP contribution in [0.25, 0.3) is 0 Å². The van der Waals surface area contributed by atoms with Gasteiger partial charge in [0.2, 0.25) is 5.91 Å². The van der Waals surface area contributed by atoms with Gasteiger partial charge in [-0.1, -0.05) is 78.9 Å². The number of fused-ring (bicyclic) bond motifs is 3. The molecule has 2 unspecified atom stereocenters.